The Labute approximate surface area is 140 Å². The van der Waals surface area contributed by atoms with E-state index in [1.165, 1.54) is 0 Å². The molecule has 0 saturated carbocycles. The van der Waals surface area contributed by atoms with Crippen molar-refractivity contribution in [2.75, 3.05) is 13.1 Å². The summed E-state index contributed by atoms with van der Waals surface area (Å²) < 4.78 is 1.84. The maximum Gasteiger partial charge on any atom is 0.272 e. The minimum atomic E-state index is 0.0154. The van der Waals surface area contributed by atoms with Gasteiger partial charge in [-0.25, -0.2) is 4.98 Å². The number of hydrogen-bond acceptors (Lipinski definition) is 4. The molecule has 0 N–H and O–H groups in total. The van der Waals surface area contributed by atoms with Crippen LogP contribution in [-0.2, 0) is 7.05 Å². The maximum atomic E-state index is 12.5. The van der Waals surface area contributed by atoms with E-state index in [1.54, 1.807) is 18.5 Å². The van der Waals surface area contributed by atoms with E-state index in [-0.39, 0.29) is 5.91 Å². The lowest BCUT2D eigenvalue weighted by Gasteiger charge is -2.31. The van der Waals surface area contributed by atoms with Crippen molar-refractivity contribution >= 4 is 16.9 Å². The van der Waals surface area contributed by atoms with E-state index in [1.807, 2.05) is 34.8 Å². The second kappa shape index (κ2) is 6.03. The van der Waals surface area contributed by atoms with Crippen LogP contribution >= 0.6 is 0 Å². The highest BCUT2D eigenvalue weighted by Crippen LogP contribution is 2.31. The Morgan fingerprint density at radius 1 is 1.08 bits per heavy atom. The summed E-state index contributed by atoms with van der Waals surface area (Å²) in [5.41, 5.74) is 2.54. The summed E-state index contributed by atoms with van der Waals surface area (Å²) in [5.74, 6) is 0.382. The maximum absolute atomic E-state index is 12.5. The summed E-state index contributed by atoms with van der Waals surface area (Å²) in [7, 11) is 1.93. The summed E-state index contributed by atoms with van der Waals surface area (Å²) >= 11 is 0. The normalized spacial score (nSPS) is 15.8. The van der Waals surface area contributed by atoms with Crippen molar-refractivity contribution in [3.8, 4) is 0 Å². The fourth-order valence-corrected chi connectivity index (χ4v) is 3.43. The molecule has 4 heterocycles. The highest BCUT2D eigenvalue weighted by atomic mass is 16.2. The van der Waals surface area contributed by atoms with Crippen molar-refractivity contribution in [3.05, 3.63) is 54.1 Å². The van der Waals surface area contributed by atoms with Crippen molar-refractivity contribution < 1.29 is 4.79 Å². The third kappa shape index (κ3) is 2.54. The number of pyridine rings is 2. The van der Waals surface area contributed by atoms with E-state index < -0.39 is 0 Å². The first-order valence-corrected chi connectivity index (χ1v) is 8.22. The molecule has 6 heteroatoms. The van der Waals surface area contributed by atoms with Gasteiger partial charge in [-0.05, 0) is 37.1 Å². The van der Waals surface area contributed by atoms with Crippen LogP contribution < -0.4 is 0 Å². The SMILES string of the molecule is Cn1nc(C2CCN(C(=O)c3ccccn3)CC2)c2cccnc21. The lowest BCUT2D eigenvalue weighted by atomic mass is 9.92. The molecule has 3 aromatic heterocycles. The largest absolute Gasteiger partial charge is 0.337 e. The van der Waals surface area contributed by atoms with Crippen LogP contribution in [0.3, 0.4) is 0 Å². The summed E-state index contributed by atoms with van der Waals surface area (Å²) in [4.78, 5) is 23.0. The van der Waals surface area contributed by atoms with E-state index >= 15 is 0 Å². The van der Waals surface area contributed by atoms with Crippen LogP contribution in [0.2, 0.25) is 0 Å². The first-order chi connectivity index (χ1) is 11.7. The summed E-state index contributed by atoms with van der Waals surface area (Å²) in [6.07, 6.45) is 5.29. The van der Waals surface area contributed by atoms with Gasteiger partial charge in [0.05, 0.1) is 5.69 Å². The molecule has 0 radical (unpaired) electrons. The second-order valence-corrected chi connectivity index (χ2v) is 6.16. The molecule has 3 aromatic rings. The number of fused-ring (bicyclic) bond motifs is 1. The van der Waals surface area contributed by atoms with Crippen molar-refractivity contribution in [3.63, 3.8) is 0 Å². The predicted octanol–water partition coefficient (Wildman–Crippen LogP) is 2.38. The molecule has 122 valence electrons. The zero-order valence-electron chi connectivity index (χ0n) is 13.6. The van der Waals surface area contributed by atoms with E-state index in [0.29, 0.717) is 11.6 Å². The molecule has 6 nitrogen and oxygen atoms in total. The topological polar surface area (TPSA) is 63.9 Å². The van der Waals surface area contributed by atoms with Crippen molar-refractivity contribution in [2.45, 2.75) is 18.8 Å². The minimum absolute atomic E-state index is 0.0154. The van der Waals surface area contributed by atoms with Gasteiger partial charge in [0, 0.05) is 43.8 Å². The lowest BCUT2D eigenvalue weighted by Crippen LogP contribution is -2.38. The quantitative estimate of drug-likeness (QED) is 0.727. The predicted molar refractivity (Wildman–Crippen MR) is 90.6 cm³/mol. The molecule has 4 rings (SSSR count). The van der Waals surface area contributed by atoms with E-state index in [4.69, 9.17) is 0 Å². The van der Waals surface area contributed by atoms with Crippen LogP contribution in [0, 0.1) is 0 Å². The van der Waals surface area contributed by atoms with Gasteiger partial charge in [0.15, 0.2) is 5.65 Å². The Hall–Kier alpha value is -2.76. The average molecular weight is 321 g/mol. The average Bonchev–Trinajstić information content (AvgIpc) is 2.99. The number of aryl methyl sites for hydroxylation is 1. The van der Waals surface area contributed by atoms with Gasteiger partial charge >= 0.3 is 0 Å². The number of rotatable bonds is 2. The van der Waals surface area contributed by atoms with Crippen LogP contribution in [0.15, 0.2) is 42.7 Å². The monoisotopic (exact) mass is 321 g/mol. The zero-order chi connectivity index (χ0) is 16.5. The number of aromatic nitrogens is 4. The number of carbonyl (C=O) groups excluding carboxylic acids is 1. The Bertz CT molecular complexity index is 866. The summed E-state index contributed by atoms with van der Waals surface area (Å²) in [6, 6.07) is 9.47. The first kappa shape index (κ1) is 14.8. The molecule has 1 aliphatic heterocycles. The molecule has 1 aliphatic rings. The zero-order valence-corrected chi connectivity index (χ0v) is 13.6. The Morgan fingerprint density at radius 2 is 1.88 bits per heavy atom. The number of piperidine rings is 1. The van der Waals surface area contributed by atoms with Crippen molar-refractivity contribution in [2.24, 2.45) is 7.05 Å². The highest BCUT2D eigenvalue weighted by Gasteiger charge is 2.28. The van der Waals surface area contributed by atoms with Gasteiger partial charge in [0.1, 0.15) is 5.69 Å². The van der Waals surface area contributed by atoms with Crippen LogP contribution in [0.4, 0.5) is 0 Å². The highest BCUT2D eigenvalue weighted by molar-refractivity contribution is 5.92. The molecule has 0 atom stereocenters. The fraction of sp³-hybridized carbons (Fsp3) is 0.333. The first-order valence-electron chi connectivity index (χ1n) is 8.22. The smallest absolute Gasteiger partial charge is 0.272 e. The molecule has 0 unspecified atom stereocenters. The molecule has 1 fully saturated rings. The van der Waals surface area contributed by atoms with Gasteiger partial charge in [-0.3, -0.25) is 14.5 Å². The van der Waals surface area contributed by atoms with Crippen molar-refractivity contribution in [1.82, 2.24) is 24.6 Å². The fourth-order valence-electron chi connectivity index (χ4n) is 3.43. The Kier molecular flexibility index (Phi) is 3.72. The summed E-state index contributed by atoms with van der Waals surface area (Å²) in [5, 5.41) is 5.80. The van der Waals surface area contributed by atoms with Crippen LogP contribution in [0.25, 0.3) is 11.0 Å². The van der Waals surface area contributed by atoms with Gasteiger partial charge in [0.25, 0.3) is 5.91 Å². The number of hydrogen-bond donors (Lipinski definition) is 0. The van der Waals surface area contributed by atoms with Gasteiger partial charge < -0.3 is 4.90 Å². The van der Waals surface area contributed by atoms with Gasteiger partial charge in [-0.1, -0.05) is 6.07 Å². The van der Waals surface area contributed by atoms with E-state index in [2.05, 4.69) is 21.1 Å². The summed E-state index contributed by atoms with van der Waals surface area (Å²) in [6.45, 7) is 1.47. The van der Waals surface area contributed by atoms with E-state index in [0.717, 1.165) is 42.7 Å². The van der Waals surface area contributed by atoms with Crippen molar-refractivity contribution in [1.29, 1.82) is 0 Å². The van der Waals surface area contributed by atoms with Crippen LogP contribution in [0.5, 0.6) is 0 Å². The molecule has 1 amide bonds. The van der Waals surface area contributed by atoms with Crippen LogP contribution in [-0.4, -0.2) is 43.6 Å². The van der Waals surface area contributed by atoms with Gasteiger partial charge in [-0.15, -0.1) is 0 Å². The molecule has 1 saturated heterocycles. The van der Waals surface area contributed by atoms with E-state index in [9.17, 15) is 4.79 Å². The third-order valence-corrected chi connectivity index (χ3v) is 4.68. The number of likely N-dealkylation sites (tertiary alicyclic amines) is 1. The molecule has 0 bridgehead atoms. The Balaban J connectivity index is 1.51. The third-order valence-electron chi connectivity index (χ3n) is 4.68. The van der Waals surface area contributed by atoms with Gasteiger partial charge in [-0.2, -0.15) is 5.10 Å². The minimum Gasteiger partial charge on any atom is -0.337 e. The second-order valence-electron chi connectivity index (χ2n) is 6.16. The lowest BCUT2D eigenvalue weighted by molar-refractivity contribution is 0.0706. The molecule has 24 heavy (non-hydrogen) atoms. The van der Waals surface area contributed by atoms with Crippen LogP contribution in [0.1, 0.15) is 34.9 Å². The number of nitrogens with zero attached hydrogens (tertiary/aromatic N) is 5. The standard InChI is InChI=1S/C18H19N5O/c1-22-17-14(5-4-10-20-17)16(21-22)13-7-11-23(12-8-13)18(24)15-6-2-3-9-19-15/h2-6,9-10,13H,7-8,11-12H2,1H3. The number of amides is 1. The molecular formula is C18H19N5O. The molecule has 0 aliphatic carbocycles. The van der Waals surface area contributed by atoms with Gasteiger partial charge in [0.2, 0.25) is 0 Å². The molecule has 0 aromatic carbocycles. The molecule has 0 spiro atoms. The number of carbonyl (C=O) groups is 1. The Morgan fingerprint density at radius 3 is 2.62 bits per heavy atom. The molecular weight excluding hydrogens is 302 g/mol.